The van der Waals surface area contributed by atoms with Crippen LogP contribution in [0, 0.1) is 0 Å². The van der Waals surface area contributed by atoms with Gasteiger partial charge in [-0.2, -0.15) is 11.8 Å². The number of rotatable bonds is 26. The Morgan fingerprint density at radius 3 is 2.40 bits per heavy atom. The van der Waals surface area contributed by atoms with E-state index in [1.807, 2.05) is 16.7 Å². The molecule has 2 aliphatic heterocycles. The molecule has 0 unspecified atom stereocenters. The molecule has 6 N–H and O–H groups in total. The molecule has 0 saturated carbocycles. The minimum Gasteiger partial charge on any atom is -0.508 e. The van der Waals surface area contributed by atoms with Gasteiger partial charge < -0.3 is 45.9 Å². The van der Waals surface area contributed by atoms with E-state index in [1.165, 1.54) is 24.3 Å². The number of nitrogens with zero attached hydrogens (tertiary/aromatic N) is 1. The van der Waals surface area contributed by atoms with Crippen molar-refractivity contribution in [3.05, 3.63) is 24.3 Å². The smallest absolute Gasteiger partial charge is 0.315 e. The molecule has 272 valence electrons. The highest BCUT2D eigenvalue weighted by Crippen LogP contribution is 2.47. The van der Waals surface area contributed by atoms with Crippen molar-refractivity contribution in [3.8, 4) is 5.75 Å². The number of carbonyl (C=O) groups is 3. The number of benzene rings is 1. The molecule has 13 nitrogen and oxygen atoms in total. The number of fused-ring (bicyclic) bond motifs is 1. The summed E-state index contributed by atoms with van der Waals surface area (Å²) in [5.74, 6) is 0.116. The molecule has 0 spiro atoms. The zero-order chi connectivity index (χ0) is 41.8. The number of anilines is 1. The second-order valence-corrected chi connectivity index (χ2v) is 13.4. The molecule has 3 atom stereocenters. The van der Waals surface area contributed by atoms with Crippen LogP contribution in [0.3, 0.4) is 0 Å². The quantitative estimate of drug-likeness (QED) is 0.0481. The number of likely N-dealkylation sites (N-methyl/N-ethyl adjacent to an activating group) is 1. The third-order valence-electron chi connectivity index (χ3n) is 8.26. The van der Waals surface area contributed by atoms with Crippen molar-refractivity contribution in [2.24, 2.45) is 0 Å². The van der Waals surface area contributed by atoms with Gasteiger partial charge in [0.25, 0.3) is 0 Å². The Hall–Kier alpha value is -2.62. The van der Waals surface area contributed by atoms with Crippen LogP contribution in [0.2, 0.25) is 0 Å². The van der Waals surface area contributed by atoms with Gasteiger partial charge in [-0.1, -0.05) is 12.8 Å². The highest BCUT2D eigenvalue weighted by Gasteiger charge is 2.60. The molecule has 48 heavy (non-hydrogen) atoms. The summed E-state index contributed by atoms with van der Waals surface area (Å²) >= 11 is 1.88. The maximum Gasteiger partial charge on any atom is 0.315 e. The molecule has 2 aliphatic rings. The van der Waals surface area contributed by atoms with Crippen LogP contribution < -0.4 is 26.6 Å². The van der Waals surface area contributed by atoms with E-state index in [0.29, 0.717) is 17.5 Å². The third kappa shape index (κ3) is 14.1. The van der Waals surface area contributed by atoms with Gasteiger partial charge in [0, 0.05) is 54.8 Å². The van der Waals surface area contributed by atoms with Crippen molar-refractivity contribution >= 4 is 35.3 Å². The number of ether oxygens (including phenoxy) is 3. The van der Waals surface area contributed by atoms with Gasteiger partial charge in [0.15, 0.2) is 0 Å². The predicted octanol–water partition coefficient (Wildman–Crippen LogP) is 2.69. The first-order valence-corrected chi connectivity index (χ1v) is 17.4. The molecule has 3 rings (SSSR count). The summed E-state index contributed by atoms with van der Waals surface area (Å²) in [6.45, 7) is -2.71. The van der Waals surface area contributed by atoms with E-state index in [4.69, 9.17) is 25.2 Å². The number of amides is 4. The van der Waals surface area contributed by atoms with Crippen LogP contribution in [0.5, 0.6) is 5.75 Å². The summed E-state index contributed by atoms with van der Waals surface area (Å²) in [6.07, 6.45) is -1.29. The summed E-state index contributed by atoms with van der Waals surface area (Å²) in [5.41, 5.74) is -0.0621. The Kier molecular flexibility index (Phi) is 13.0. The molecule has 2 heterocycles. The summed E-state index contributed by atoms with van der Waals surface area (Å²) in [5, 5.41) is 23.6. The molecule has 14 heteroatoms. The van der Waals surface area contributed by atoms with Crippen molar-refractivity contribution in [3.63, 3.8) is 0 Å². The van der Waals surface area contributed by atoms with Gasteiger partial charge >= 0.3 is 6.03 Å². The Balaban J connectivity index is 1.22. The fraction of sp³-hybridized carbons (Fsp3) is 0.735. The van der Waals surface area contributed by atoms with Crippen LogP contribution in [-0.2, 0) is 23.8 Å². The normalized spacial score (nSPS) is 25.2. The average molecular weight is 703 g/mol. The summed E-state index contributed by atoms with van der Waals surface area (Å²) < 4.78 is 80.1. The fourth-order valence-electron chi connectivity index (χ4n) is 5.32. The van der Waals surface area contributed by atoms with Crippen LogP contribution in [-0.4, -0.2) is 129 Å². The molecule has 0 bridgehead atoms. The van der Waals surface area contributed by atoms with E-state index < -0.39 is 44.9 Å². The monoisotopic (exact) mass is 702 g/mol. The molecule has 0 radical (unpaired) electrons. The van der Waals surface area contributed by atoms with E-state index >= 15 is 0 Å². The molecule has 0 aromatic heterocycles. The minimum atomic E-state index is -2.78. The lowest BCUT2D eigenvalue weighted by molar-refractivity contribution is -0.122. The van der Waals surface area contributed by atoms with E-state index in [9.17, 15) is 19.5 Å². The Morgan fingerprint density at radius 2 is 1.67 bits per heavy atom. The van der Waals surface area contributed by atoms with Gasteiger partial charge in [-0.05, 0) is 83.8 Å². The van der Waals surface area contributed by atoms with Gasteiger partial charge in [-0.15, -0.1) is 0 Å². The molecular formula is C34H58N6O7S. The van der Waals surface area contributed by atoms with Crippen LogP contribution in [0.1, 0.15) is 69.7 Å². The molecule has 0 aliphatic carbocycles. The first kappa shape index (κ1) is 29.1. The van der Waals surface area contributed by atoms with E-state index in [1.54, 1.807) is 7.05 Å². The molecular weight excluding hydrogens is 636 g/mol. The zero-order valence-electron chi connectivity index (χ0n) is 36.2. The van der Waals surface area contributed by atoms with Crippen LogP contribution in [0.15, 0.2) is 24.3 Å². The van der Waals surface area contributed by atoms with Gasteiger partial charge in [0.2, 0.25) is 11.8 Å². The Labute approximate surface area is 301 Å². The highest BCUT2D eigenvalue weighted by molar-refractivity contribution is 8.00. The van der Waals surface area contributed by atoms with Crippen LogP contribution in [0.25, 0.3) is 0 Å². The third-order valence-corrected chi connectivity index (χ3v) is 10.1. The molecule has 2 fully saturated rings. The lowest BCUT2D eigenvalue weighted by atomic mass is 9.79. The average Bonchev–Trinajstić information content (AvgIpc) is 3.48. The summed E-state index contributed by atoms with van der Waals surface area (Å²) in [4.78, 5) is 38.3. The van der Waals surface area contributed by atoms with Gasteiger partial charge in [-0.25, -0.2) is 4.79 Å². The molecule has 1 aromatic rings. The van der Waals surface area contributed by atoms with Crippen molar-refractivity contribution in [2.75, 3.05) is 90.4 Å². The van der Waals surface area contributed by atoms with E-state index in [2.05, 4.69) is 40.4 Å². The number of phenolic OH excluding ortho intramolecular Hbond substituents is 1. The lowest BCUT2D eigenvalue weighted by Crippen LogP contribution is -2.58. The largest absolute Gasteiger partial charge is 0.508 e. The Morgan fingerprint density at radius 1 is 0.979 bits per heavy atom. The summed E-state index contributed by atoms with van der Waals surface area (Å²) in [6, 6.07) is 5.78. The molecule has 1 aromatic carbocycles. The fourth-order valence-corrected chi connectivity index (χ4v) is 7.22. The SMILES string of the molecule is [2H]C([2H])(CNCCC(=O)Nc1ccc(O)cc1)C([2H])([2H])OCCOCCOC([2H])([2H])C([2H])([2H])CNC(=O)CN(C)CCCCC[C@@H]1SC[C@]2(C)NC(=O)N[C@]12C. The first-order chi connectivity index (χ1) is 26.0. The van der Waals surface area contributed by atoms with Gasteiger partial charge in [0.1, 0.15) is 5.75 Å². The van der Waals surface area contributed by atoms with Crippen LogP contribution >= 0.6 is 11.8 Å². The second kappa shape index (κ2) is 21.5. The Bertz CT molecular complexity index is 1450. The number of carbonyl (C=O) groups excluding carboxylic acids is 3. The number of hydrogen-bond acceptors (Lipinski definition) is 10. The number of urea groups is 1. The van der Waals surface area contributed by atoms with Gasteiger partial charge in [0.05, 0.1) is 49.5 Å². The number of phenols is 1. The van der Waals surface area contributed by atoms with Gasteiger partial charge in [-0.3, -0.25) is 14.5 Å². The van der Waals surface area contributed by atoms with Crippen molar-refractivity contribution in [1.29, 1.82) is 0 Å². The number of aromatic hydroxyl groups is 1. The van der Waals surface area contributed by atoms with Crippen molar-refractivity contribution in [1.82, 2.24) is 26.2 Å². The topological polar surface area (TPSA) is 163 Å². The van der Waals surface area contributed by atoms with E-state index in [0.717, 1.165) is 31.4 Å². The standard InChI is InChI=1S/C34H58N6O7S/c1-33-26-48-29(34(33,2)39-32(44)38-33)9-5-4-6-18-40(3)25-31(43)36-16-8-20-46-22-24-47-23-21-45-19-7-15-35-17-14-30(42)37-27-10-12-28(41)13-11-27/h10-13,29,35,41H,4-9,14-26H2,1-3H3,(H,36,43)(H,37,42)(H2,38,39,44)/t29-,33-,34+/m0/s1/i7D2,8D2,19D2,20D2. The first-order valence-electron chi connectivity index (χ1n) is 20.3. The highest BCUT2D eigenvalue weighted by atomic mass is 32.2. The lowest BCUT2D eigenvalue weighted by Gasteiger charge is -2.35. The second-order valence-electron chi connectivity index (χ2n) is 12.2. The predicted molar refractivity (Wildman–Crippen MR) is 190 cm³/mol. The van der Waals surface area contributed by atoms with Crippen molar-refractivity contribution < 1.29 is 44.7 Å². The number of nitrogens with one attached hydrogen (secondary N) is 5. The molecule has 2 saturated heterocycles. The minimum absolute atomic E-state index is 0.00713. The van der Waals surface area contributed by atoms with Crippen LogP contribution in [0.4, 0.5) is 10.5 Å². The zero-order valence-corrected chi connectivity index (χ0v) is 29.1. The number of hydrogen-bond donors (Lipinski definition) is 6. The molecule has 4 amide bonds. The number of thioether (sulfide) groups is 1. The summed E-state index contributed by atoms with van der Waals surface area (Å²) in [7, 11) is 1.79. The van der Waals surface area contributed by atoms with Crippen molar-refractivity contribution in [2.45, 2.75) is 75.0 Å². The number of unbranched alkanes of at least 4 members (excludes halogenated alkanes) is 2. The maximum absolute atomic E-state index is 12.5. The van der Waals surface area contributed by atoms with E-state index in [-0.39, 0.29) is 74.7 Å². The maximum atomic E-state index is 12.5.